The van der Waals surface area contributed by atoms with Gasteiger partial charge < -0.3 is 16.0 Å². The Morgan fingerprint density at radius 2 is 2.07 bits per heavy atom. The third-order valence-electron chi connectivity index (χ3n) is 2.81. The molecule has 0 bridgehead atoms. The van der Waals surface area contributed by atoms with E-state index in [9.17, 15) is 4.79 Å². The molecule has 0 aromatic heterocycles. The highest BCUT2D eigenvalue weighted by Gasteiger charge is 2.10. The maximum Gasteiger partial charge on any atom is 0.236 e. The first kappa shape index (κ1) is 12.5. The summed E-state index contributed by atoms with van der Waals surface area (Å²) in [5.74, 6) is -0.0476. The fourth-order valence-electron chi connectivity index (χ4n) is 1.86. The van der Waals surface area contributed by atoms with Crippen LogP contribution in [0.25, 0.3) is 0 Å². The van der Waals surface area contributed by atoms with Gasteiger partial charge in [0.2, 0.25) is 5.91 Å². The summed E-state index contributed by atoms with van der Waals surface area (Å²) in [4.78, 5) is 13.6. The highest BCUT2D eigenvalue weighted by Crippen LogP contribution is 2.08. The van der Waals surface area contributed by atoms with E-state index in [-0.39, 0.29) is 11.9 Å². The lowest BCUT2D eigenvalue weighted by atomic mass is 10.1. The molecule has 4 heteroatoms. The number of nitrogens with one attached hydrogen (secondary N) is 1. The van der Waals surface area contributed by atoms with Gasteiger partial charge >= 0.3 is 0 Å². The van der Waals surface area contributed by atoms with Crippen molar-refractivity contribution in [3.63, 3.8) is 0 Å². The maximum atomic E-state index is 11.1. The fourth-order valence-corrected chi connectivity index (χ4v) is 1.86. The number of carbonyl (C=O) groups excluding carboxylic acids is 1. The molecule has 0 aromatic rings. The van der Waals surface area contributed by atoms with Crippen LogP contribution < -0.4 is 11.1 Å². The van der Waals surface area contributed by atoms with Gasteiger partial charge in [0, 0.05) is 6.54 Å². The molecule has 1 amide bonds. The first-order valence-corrected chi connectivity index (χ1v) is 5.96. The topological polar surface area (TPSA) is 58.4 Å². The van der Waals surface area contributed by atoms with Crippen molar-refractivity contribution in [2.45, 2.75) is 38.6 Å². The summed E-state index contributed by atoms with van der Waals surface area (Å²) in [7, 11) is 0. The number of nitrogens with zero attached hydrogens (tertiary/aromatic N) is 1. The molecule has 0 unspecified atom stereocenters. The molecule has 1 aliphatic heterocycles. The molecule has 4 nitrogen and oxygen atoms in total. The first-order valence-electron chi connectivity index (χ1n) is 5.96. The van der Waals surface area contributed by atoms with Crippen LogP contribution in [0.5, 0.6) is 0 Å². The Hall–Kier alpha value is -0.610. The lowest BCUT2D eigenvalue weighted by Gasteiger charge is -2.26. The Kier molecular flexibility index (Phi) is 5.65. The standard InChI is InChI=1S/C11H23N3O/c1-10(12)11(15)13-6-5-9-14-7-3-2-4-8-14/h10H,2-9,12H2,1H3,(H,13,15)/t10-/m0/s1. The number of piperidine rings is 1. The van der Waals surface area contributed by atoms with Crippen LogP contribution in [0.1, 0.15) is 32.6 Å². The van der Waals surface area contributed by atoms with Crippen LogP contribution in [-0.2, 0) is 4.79 Å². The van der Waals surface area contributed by atoms with Gasteiger partial charge in [-0.15, -0.1) is 0 Å². The van der Waals surface area contributed by atoms with Gasteiger partial charge in [-0.1, -0.05) is 6.42 Å². The van der Waals surface area contributed by atoms with Crippen molar-refractivity contribution in [1.82, 2.24) is 10.2 Å². The minimum absolute atomic E-state index is 0.0476. The smallest absolute Gasteiger partial charge is 0.236 e. The predicted molar refractivity (Wildman–Crippen MR) is 61.6 cm³/mol. The maximum absolute atomic E-state index is 11.1. The third kappa shape index (κ3) is 5.14. The third-order valence-corrected chi connectivity index (χ3v) is 2.81. The number of carbonyl (C=O) groups is 1. The molecule has 1 aliphatic rings. The Morgan fingerprint density at radius 3 is 2.67 bits per heavy atom. The molecular formula is C11H23N3O. The highest BCUT2D eigenvalue weighted by molar-refractivity contribution is 5.80. The molecular weight excluding hydrogens is 190 g/mol. The number of nitrogens with two attached hydrogens (primary N) is 1. The SMILES string of the molecule is C[C@H](N)C(=O)NCCCN1CCCCC1. The molecule has 1 atom stereocenters. The number of hydrogen-bond acceptors (Lipinski definition) is 3. The number of hydrogen-bond donors (Lipinski definition) is 2. The number of likely N-dealkylation sites (tertiary alicyclic amines) is 1. The highest BCUT2D eigenvalue weighted by atomic mass is 16.2. The number of amides is 1. The lowest BCUT2D eigenvalue weighted by molar-refractivity contribution is -0.121. The van der Waals surface area contributed by atoms with Gasteiger partial charge in [-0.3, -0.25) is 4.79 Å². The second kappa shape index (κ2) is 6.80. The van der Waals surface area contributed by atoms with Crippen molar-refractivity contribution in [2.24, 2.45) is 5.73 Å². The number of rotatable bonds is 5. The monoisotopic (exact) mass is 213 g/mol. The molecule has 0 saturated carbocycles. The molecule has 15 heavy (non-hydrogen) atoms. The van der Waals surface area contributed by atoms with Gasteiger partial charge in [0.1, 0.15) is 0 Å². The van der Waals surface area contributed by atoms with Gasteiger partial charge in [-0.05, 0) is 45.8 Å². The van der Waals surface area contributed by atoms with Crippen LogP contribution in [0.3, 0.4) is 0 Å². The quantitative estimate of drug-likeness (QED) is 0.647. The van der Waals surface area contributed by atoms with Crippen molar-refractivity contribution >= 4 is 5.91 Å². The Balaban J connectivity index is 1.98. The predicted octanol–water partition coefficient (Wildman–Crippen LogP) is 0.326. The summed E-state index contributed by atoms with van der Waals surface area (Å²) in [5.41, 5.74) is 5.44. The summed E-state index contributed by atoms with van der Waals surface area (Å²) in [6.07, 6.45) is 5.05. The Bertz CT molecular complexity index is 188. The molecule has 1 saturated heterocycles. The van der Waals surface area contributed by atoms with E-state index in [1.54, 1.807) is 6.92 Å². The minimum Gasteiger partial charge on any atom is -0.355 e. The van der Waals surface area contributed by atoms with Crippen molar-refractivity contribution in [3.05, 3.63) is 0 Å². The van der Waals surface area contributed by atoms with E-state index < -0.39 is 0 Å². The molecule has 1 heterocycles. The zero-order valence-corrected chi connectivity index (χ0v) is 9.67. The summed E-state index contributed by atoms with van der Waals surface area (Å²) in [5, 5.41) is 2.83. The average molecular weight is 213 g/mol. The van der Waals surface area contributed by atoms with E-state index >= 15 is 0 Å². The van der Waals surface area contributed by atoms with Crippen molar-refractivity contribution in [2.75, 3.05) is 26.2 Å². The second-order valence-corrected chi connectivity index (χ2v) is 4.34. The van der Waals surface area contributed by atoms with Crippen LogP contribution in [-0.4, -0.2) is 43.0 Å². The normalized spacial score (nSPS) is 19.9. The Morgan fingerprint density at radius 1 is 1.40 bits per heavy atom. The lowest BCUT2D eigenvalue weighted by Crippen LogP contribution is -2.40. The van der Waals surface area contributed by atoms with Gasteiger partial charge in [-0.25, -0.2) is 0 Å². The molecule has 0 aromatic carbocycles. The molecule has 0 spiro atoms. The van der Waals surface area contributed by atoms with Gasteiger partial charge in [0.25, 0.3) is 0 Å². The summed E-state index contributed by atoms with van der Waals surface area (Å²) >= 11 is 0. The van der Waals surface area contributed by atoms with E-state index in [0.717, 1.165) is 19.5 Å². The van der Waals surface area contributed by atoms with Crippen molar-refractivity contribution in [1.29, 1.82) is 0 Å². The molecule has 0 aliphatic carbocycles. The van der Waals surface area contributed by atoms with Crippen LogP contribution in [0.15, 0.2) is 0 Å². The zero-order valence-electron chi connectivity index (χ0n) is 9.67. The summed E-state index contributed by atoms with van der Waals surface area (Å²) in [6, 6.07) is -0.389. The van der Waals surface area contributed by atoms with E-state index in [1.807, 2.05) is 0 Å². The average Bonchev–Trinajstić information content (AvgIpc) is 2.25. The minimum atomic E-state index is -0.389. The van der Waals surface area contributed by atoms with Crippen LogP contribution >= 0.6 is 0 Å². The molecule has 1 fully saturated rings. The van der Waals surface area contributed by atoms with Crippen molar-refractivity contribution < 1.29 is 4.79 Å². The van der Waals surface area contributed by atoms with E-state index in [4.69, 9.17) is 5.73 Å². The van der Waals surface area contributed by atoms with E-state index in [2.05, 4.69) is 10.2 Å². The fraction of sp³-hybridized carbons (Fsp3) is 0.909. The molecule has 1 rings (SSSR count). The van der Waals surface area contributed by atoms with Gasteiger partial charge in [-0.2, -0.15) is 0 Å². The van der Waals surface area contributed by atoms with Gasteiger partial charge in [0.05, 0.1) is 6.04 Å². The van der Waals surface area contributed by atoms with Crippen LogP contribution in [0.2, 0.25) is 0 Å². The van der Waals surface area contributed by atoms with Crippen LogP contribution in [0, 0.1) is 0 Å². The van der Waals surface area contributed by atoms with Gasteiger partial charge in [0.15, 0.2) is 0 Å². The van der Waals surface area contributed by atoms with Crippen molar-refractivity contribution in [3.8, 4) is 0 Å². The zero-order chi connectivity index (χ0) is 11.1. The van der Waals surface area contributed by atoms with E-state index in [0.29, 0.717) is 0 Å². The summed E-state index contributed by atoms with van der Waals surface area (Å²) in [6.45, 7) is 6.00. The molecule has 3 N–H and O–H groups in total. The summed E-state index contributed by atoms with van der Waals surface area (Å²) < 4.78 is 0. The molecule has 88 valence electrons. The van der Waals surface area contributed by atoms with E-state index in [1.165, 1.54) is 32.4 Å². The first-order chi connectivity index (χ1) is 7.20. The van der Waals surface area contributed by atoms with Crippen LogP contribution in [0.4, 0.5) is 0 Å². The molecule has 0 radical (unpaired) electrons. The Labute approximate surface area is 92.2 Å². The second-order valence-electron chi connectivity index (χ2n) is 4.34. The largest absolute Gasteiger partial charge is 0.355 e.